The van der Waals surface area contributed by atoms with Crippen molar-refractivity contribution in [3.05, 3.63) is 27.1 Å². The van der Waals surface area contributed by atoms with Gasteiger partial charge in [-0.15, -0.1) is 0 Å². The summed E-state index contributed by atoms with van der Waals surface area (Å²) in [6, 6.07) is 5.80. The summed E-state index contributed by atoms with van der Waals surface area (Å²) < 4.78 is 1.94. The maximum Gasteiger partial charge on any atom is 0.241 e. The molecular formula is C11H14Br2N2O. The van der Waals surface area contributed by atoms with Crippen LogP contribution in [-0.2, 0) is 4.79 Å². The molecule has 5 heteroatoms. The van der Waals surface area contributed by atoms with Crippen molar-refractivity contribution < 1.29 is 4.79 Å². The van der Waals surface area contributed by atoms with E-state index in [1.54, 1.807) is 11.9 Å². The average Bonchev–Trinajstić information content (AvgIpc) is 2.26. The van der Waals surface area contributed by atoms with E-state index in [1.807, 2.05) is 25.1 Å². The second-order valence-electron chi connectivity index (χ2n) is 3.39. The molecule has 0 fully saturated rings. The van der Waals surface area contributed by atoms with E-state index in [2.05, 4.69) is 37.2 Å². The minimum atomic E-state index is 0.0809. The summed E-state index contributed by atoms with van der Waals surface area (Å²) in [6.45, 7) is 2.99. The van der Waals surface area contributed by atoms with Crippen molar-refractivity contribution >= 4 is 43.5 Å². The van der Waals surface area contributed by atoms with Crippen molar-refractivity contribution in [2.24, 2.45) is 0 Å². The van der Waals surface area contributed by atoms with Crippen LogP contribution in [0.5, 0.6) is 0 Å². The first-order chi connectivity index (χ1) is 7.54. The summed E-state index contributed by atoms with van der Waals surface area (Å²) in [5, 5.41) is 3.10. The van der Waals surface area contributed by atoms with Crippen molar-refractivity contribution in [1.82, 2.24) is 4.90 Å². The van der Waals surface area contributed by atoms with Crippen LogP contribution in [-0.4, -0.2) is 30.9 Å². The Morgan fingerprint density at radius 2 is 2.12 bits per heavy atom. The van der Waals surface area contributed by atoms with Gasteiger partial charge in [0.15, 0.2) is 0 Å². The summed E-state index contributed by atoms with van der Waals surface area (Å²) in [4.78, 5) is 13.2. The lowest BCUT2D eigenvalue weighted by Gasteiger charge is -2.15. The Kier molecular flexibility index (Phi) is 5.28. The SMILES string of the molecule is CCN(C)C(=O)CNc1ccc(Br)cc1Br. The third-order valence-corrected chi connectivity index (χ3v) is 3.41. The Morgan fingerprint density at radius 1 is 1.44 bits per heavy atom. The lowest BCUT2D eigenvalue weighted by atomic mass is 10.3. The van der Waals surface area contributed by atoms with Gasteiger partial charge in [0.25, 0.3) is 0 Å². The van der Waals surface area contributed by atoms with Crippen molar-refractivity contribution in [1.29, 1.82) is 0 Å². The van der Waals surface area contributed by atoms with Crippen molar-refractivity contribution in [2.75, 3.05) is 25.5 Å². The first kappa shape index (κ1) is 13.5. The number of carbonyl (C=O) groups excluding carboxylic acids is 1. The third-order valence-electron chi connectivity index (χ3n) is 2.26. The number of benzene rings is 1. The van der Waals surface area contributed by atoms with Crippen LogP contribution in [0.15, 0.2) is 27.1 Å². The number of nitrogens with one attached hydrogen (secondary N) is 1. The standard InChI is InChI=1S/C11H14Br2N2O/c1-3-15(2)11(16)7-14-10-5-4-8(12)6-9(10)13/h4-6,14H,3,7H2,1-2H3. The van der Waals surface area contributed by atoms with Crippen LogP contribution in [0.1, 0.15) is 6.92 Å². The van der Waals surface area contributed by atoms with Crippen molar-refractivity contribution in [3.63, 3.8) is 0 Å². The van der Waals surface area contributed by atoms with Crippen molar-refractivity contribution in [2.45, 2.75) is 6.92 Å². The molecule has 0 bridgehead atoms. The summed E-state index contributed by atoms with van der Waals surface area (Å²) in [5.41, 5.74) is 0.918. The summed E-state index contributed by atoms with van der Waals surface area (Å²) in [7, 11) is 1.79. The van der Waals surface area contributed by atoms with Crippen LogP contribution in [0.3, 0.4) is 0 Å². The first-order valence-electron chi connectivity index (χ1n) is 4.97. The minimum Gasteiger partial charge on any atom is -0.375 e. The van der Waals surface area contributed by atoms with Gasteiger partial charge in [0.05, 0.1) is 6.54 Å². The molecule has 0 aliphatic carbocycles. The molecule has 1 N–H and O–H groups in total. The molecule has 88 valence electrons. The highest BCUT2D eigenvalue weighted by Gasteiger charge is 2.07. The fourth-order valence-electron chi connectivity index (χ4n) is 1.11. The van der Waals surface area contributed by atoms with Gasteiger partial charge in [-0.3, -0.25) is 4.79 Å². The molecule has 0 radical (unpaired) electrons. The monoisotopic (exact) mass is 348 g/mol. The molecular weight excluding hydrogens is 336 g/mol. The van der Waals surface area contributed by atoms with Gasteiger partial charge in [0.1, 0.15) is 0 Å². The van der Waals surface area contributed by atoms with Crippen LogP contribution in [0, 0.1) is 0 Å². The fraction of sp³-hybridized carbons (Fsp3) is 0.364. The average molecular weight is 350 g/mol. The Morgan fingerprint density at radius 3 is 2.69 bits per heavy atom. The number of anilines is 1. The first-order valence-corrected chi connectivity index (χ1v) is 6.56. The molecule has 16 heavy (non-hydrogen) atoms. The molecule has 0 heterocycles. The van der Waals surface area contributed by atoms with Gasteiger partial charge >= 0.3 is 0 Å². The second-order valence-corrected chi connectivity index (χ2v) is 5.16. The summed E-state index contributed by atoms with van der Waals surface area (Å²) in [6.07, 6.45) is 0. The van der Waals surface area contributed by atoms with E-state index in [9.17, 15) is 4.79 Å². The molecule has 0 aromatic heterocycles. The molecule has 1 aromatic carbocycles. The number of carbonyl (C=O) groups is 1. The van der Waals surface area contributed by atoms with E-state index in [1.165, 1.54) is 0 Å². The van der Waals surface area contributed by atoms with E-state index in [0.29, 0.717) is 6.54 Å². The smallest absolute Gasteiger partial charge is 0.241 e. The molecule has 0 atom stereocenters. The normalized spacial score (nSPS) is 10.0. The van der Waals surface area contributed by atoms with Gasteiger partial charge in [-0.25, -0.2) is 0 Å². The number of hydrogen-bond acceptors (Lipinski definition) is 2. The Bertz CT molecular complexity index is 382. The maximum absolute atomic E-state index is 11.6. The predicted molar refractivity (Wildman–Crippen MR) is 73.6 cm³/mol. The molecule has 0 aliphatic heterocycles. The number of hydrogen-bond donors (Lipinski definition) is 1. The van der Waals surface area contributed by atoms with Crippen LogP contribution in [0.2, 0.25) is 0 Å². The minimum absolute atomic E-state index is 0.0809. The van der Waals surface area contributed by atoms with Gasteiger partial charge in [-0.1, -0.05) is 15.9 Å². The van der Waals surface area contributed by atoms with Crippen LogP contribution in [0.4, 0.5) is 5.69 Å². The molecule has 0 spiro atoms. The molecule has 0 saturated heterocycles. The number of amides is 1. The van der Waals surface area contributed by atoms with Gasteiger partial charge in [0, 0.05) is 28.2 Å². The highest BCUT2D eigenvalue weighted by atomic mass is 79.9. The summed E-state index contributed by atoms with van der Waals surface area (Å²) in [5.74, 6) is 0.0809. The summed E-state index contributed by atoms with van der Waals surface area (Å²) >= 11 is 6.81. The topological polar surface area (TPSA) is 32.3 Å². The third kappa shape index (κ3) is 3.79. The molecule has 1 rings (SSSR count). The van der Waals surface area contributed by atoms with Gasteiger partial charge < -0.3 is 10.2 Å². The zero-order chi connectivity index (χ0) is 12.1. The lowest BCUT2D eigenvalue weighted by molar-refractivity contribution is -0.127. The van der Waals surface area contributed by atoms with E-state index in [-0.39, 0.29) is 5.91 Å². The van der Waals surface area contributed by atoms with E-state index >= 15 is 0 Å². The zero-order valence-corrected chi connectivity index (χ0v) is 12.4. The number of rotatable bonds is 4. The lowest BCUT2D eigenvalue weighted by Crippen LogP contribution is -2.31. The predicted octanol–water partition coefficient (Wildman–Crippen LogP) is 3.10. The van der Waals surface area contributed by atoms with E-state index in [0.717, 1.165) is 21.2 Å². The zero-order valence-electron chi connectivity index (χ0n) is 9.26. The van der Waals surface area contributed by atoms with E-state index < -0.39 is 0 Å². The molecule has 0 saturated carbocycles. The second kappa shape index (κ2) is 6.25. The molecule has 0 aliphatic rings. The quantitative estimate of drug-likeness (QED) is 0.905. The van der Waals surface area contributed by atoms with Gasteiger partial charge in [-0.05, 0) is 41.1 Å². The van der Waals surface area contributed by atoms with Gasteiger partial charge in [0.2, 0.25) is 5.91 Å². The maximum atomic E-state index is 11.6. The highest BCUT2D eigenvalue weighted by Crippen LogP contribution is 2.25. The highest BCUT2D eigenvalue weighted by molar-refractivity contribution is 9.11. The Labute approximate surface area is 112 Å². The molecule has 1 amide bonds. The van der Waals surface area contributed by atoms with Crippen molar-refractivity contribution in [3.8, 4) is 0 Å². The fourth-order valence-corrected chi connectivity index (χ4v) is 2.30. The Hall–Kier alpha value is -0.550. The van der Waals surface area contributed by atoms with Gasteiger partial charge in [-0.2, -0.15) is 0 Å². The largest absolute Gasteiger partial charge is 0.375 e. The van der Waals surface area contributed by atoms with Crippen LogP contribution in [0.25, 0.3) is 0 Å². The Balaban J connectivity index is 2.58. The number of likely N-dealkylation sites (N-methyl/N-ethyl adjacent to an activating group) is 1. The molecule has 3 nitrogen and oxygen atoms in total. The number of halogens is 2. The van der Waals surface area contributed by atoms with Crippen LogP contribution >= 0.6 is 31.9 Å². The molecule has 0 unspecified atom stereocenters. The molecule has 1 aromatic rings. The number of nitrogens with zero attached hydrogens (tertiary/aromatic N) is 1. The van der Waals surface area contributed by atoms with Crippen LogP contribution < -0.4 is 5.32 Å². The van der Waals surface area contributed by atoms with E-state index in [4.69, 9.17) is 0 Å².